The molecule has 1 N–H and O–H groups in total. The summed E-state index contributed by atoms with van der Waals surface area (Å²) in [6.07, 6.45) is 1.72. The lowest BCUT2D eigenvalue weighted by molar-refractivity contribution is -0.121. The Labute approximate surface area is 146 Å². The second kappa shape index (κ2) is 7.92. The number of fused-ring (bicyclic) bond motifs is 1. The quantitative estimate of drug-likeness (QED) is 0.668. The fourth-order valence-corrected chi connectivity index (χ4v) is 2.97. The number of nitrogens with zero attached hydrogens (tertiary/aromatic N) is 2. The molecule has 0 saturated heterocycles. The van der Waals surface area contributed by atoms with E-state index in [1.165, 1.54) is 6.07 Å². The molecular weight excluding hydrogens is 317 g/mol. The van der Waals surface area contributed by atoms with Gasteiger partial charge in [0.15, 0.2) is 0 Å². The van der Waals surface area contributed by atoms with Crippen molar-refractivity contribution in [3.05, 3.63) is 65.6 Å². The fraction of sp³-hybridized carbons (Fsp3) is 0.300. The zero-order chi connectivity index (χ0) is 17.6. The number of carbonyl (C=O) groups is 1. The Morgan fingerprint density at radius 2 is 1.92 bits per heavy atom. The van der Waals surface area contributed by atoms with Crippen LogP contribution in [0.1, 0.15) is 24.1 Å². The van der Waals surface area contributed by atoms with Crippen LogP contribution >= 0.6 is 0 Å². The molecule has 3 rings (SSSR count). The smallest absolute Gasteiger partial charge is 0.221 e. The summed E-state index contributed by atoms with van der Waals surface area (Å²) in [4.78, 5) is 12.0. The summed E-state index contributed by atoms with van der Waals surface area (Å²) in [5, 5.41) is 8.52. The van der Waals surface area contributed by atoms with Crippen LogP contribution in [0.3, 0.4) is 0 Å². The number of para-hydroxylation sites is 1. The SMILES string of the molecule is Cc1nn(CCC(=O)NCCCc2ccccc2F)c2ccccc12. The Morgan fingerprint density at radius 3 is 2.76 bits per heavy atom. The summed E-state index contributed by atoms with van der Waals surface area (Å²) in [6, 6.07) is 14.8. The lowest BCUT2D eigenvalue weighted by Gasteiger charge is -2.07. The Bertz CT molecular complexity index is 872. The standard InChI is InChI=1S/C20H22FN3O/c1-15-17-9-3-5-11-19(17)24(23-15)14-12-20(25)22-13-6-8-16-7-2-4-10-18(16)21/h2-5,7,9-11H,6,8,12-14H2,1H3,(H,22,25). The van der Waals surface area contributed by atoms with Gasteiger partial charge < -0.3 is 5.32 Å². The number of carbonyl (C=O) groups excluding carboxylic acids is 1. The first-order valence-electron chi connectivity index (χ1n) is 8.57. The van der Waals surface area contributed by atoms with Crippen molar-refractivity contribution in [3.63, 3.8) is 0 Å². The lowest BCUT2D eigenvalue weighted by atomic mass is 10.1. The highest BCUT2D eigenvalue weighted by atomic mass is 19.1. The number of benzene rings is 2. The van der Waals surface area contributed by atoms with Crippen LogP contribution < -0.4 is 5.32 Å². The monoisotopic (exact) mass is 339 g/mol. The van der Waals surface area contributed by atoms with E-state index in [0.717, 1.165) is 23.0 Å². The molecule has 0 saturated carbocycles. The molecule has 0 unspecified atom stereocenters. The minimum atomic E-state index is -0.185. The molecule has 1 heterocycles. The van der Waals surface area contributed by atoms with E-state index >= 15 is 0 Å². The molecule has 5 heteroatoms. The van der Waals surface area contributed by atoms with E-state index in [-0.39, 0.29) is 11.7 Å². The highest BCUT2D eigenvalue weighted by molar-refractivity contribution is 5.82. The normalized spacial score (nSPS) is 11.0. The molecule has 0 atom stereocenters. The summed E-state index contributed by atoms with van der Waals surface area (Å²) in [5.41, 5.74) is 2.71. The highest BCUT2D eigenvalue weighted by Gasteiger charge is 2.08. The summed E-state index contributed by atoms with van der Waals surface area (Å²) in [6.45, 7) is 3.07. The van der Waals surface area contributed by atoms with Gasteiger partial charge >= 0.3 is 0 Å². The molecule has 0 fully saturated rings. The third-order valence-electron chi connectivity index (χ3n) is 4.30. The number of rotatable bonds is 7. The predicted molar refractivity (Wildman–Crippen MR) is 96.8 cm³/mol. The fourth-order valence-electron chi connectivity index (χ4n) is 2.97. The molecule has 130 valence electrons. The minimum Gasteiger partial charge on any atom is -0.356 e. The maximum absolute atomic E-state index is 13.5. The first-order chi connectivity index (χ1) is 12.1. The second-order valence-electron chi connectivity index (χ2n) is 6.12. The molecule has 3 aromatic rings. The van der Waals surface area contributed by atoms with E-state index in [4.69, 9.17) is 0 Å². The van der Waals surface area contributed by atoms with Crippen molar-refractivity contribution in [1.82, 2.24) is 15.1 Å². The van der Waals surface area contributed by atoms with Gasteiger partial charge in [0.1, 0.15) is 5.82 Å². The van der Waals surface area contributed by atoms with Gasteiger partial charge in [-0.1, -0.05) is 36.4 Å². The summed E-state index contributed by atoms with van der Waals surface area (Å²) < 4.78 is 15.4. The molecule has 4 nitrogen and oxygen atoms in total. The molecular formula is C20H22FN3O. The van der Waals surface area contributed by atoms with Crippen molar-refractivity contribution >= 4 is 16.8 Å². The maximum atomic E-state index is 13.5. The first-order valence-corrected chi connectivity index (χ1v) is 8.57. The van der Waals surface area contributed by atoms with Crippen molar-refractivity contribution in [2.45, 2.75) is 32.7 Å². The van der Waals surface area contributed by atoms with Crippen molar-refractivity contribution < 1.29 is 9.18 Å². The summed E-state index contributed by atoms with van der Waals surface area (Å²) >= 11 is 0. The summed E-state index contributed by atoms with van der Waals surface area (Å²) in [5.74, 6) is -0.194. The van der Waals surface area contributed by atoms with E-state index < -0.39 is 0 Å². The van der Waals surface area contributed by atoms with Crippen LogP contribution in [0.2, 0.25) is 0 Å². The van der Waals surface area contributed by atoms with Gasteiger partial charge in [-0.2, -0.15) is 5.10 Å². The molecule has 0 aliphatic heterocycles. The van der Waals surface area contributed by atoms with E-state index in [9.17, 15) is 9.18 Å². The minimum absolute atomic E-state index is 0.00855. The first kappa shape index (κ1) is 17.1. The molecule has 0 aliphatic carbocycles. The number of nitrogens with one attached hydrogen (secondary N) is 1. The third-order valence-corrected chi connectivity index (χ3v) is 4.30. The van der Waals surface area contributed by atoms with E-state index in [1.807, 2.05) is 41.9 Å². The largest absolute Gasteiger partial charge is 0.356 e. The Balaban J connectivity index is 1.44. The van der Waals surface area contributed by atoms with Crippen LogP contribution in [0, 0.1) is 12.7 Å². The van der Waals surface area contributed by atoms with Crippen molar-refractivity contribution in [2.24, 2.45) is 0 Å². The van der Waals surface area contributed by atoms with Crippen LogP contribution in [-0.2, 0) is 17.8 Å². The van der Waals surface area contributed by atoms with E-state index in [1.54, 1.807) is 12.1 Å². The molecule has 2 aromatic carbocycles. The van der Waals surface area contributed by atoms with Crippen molar-refractivity contribution in [3.8, 4) is 0 Å². The zero-order valence-electron chi connectivity index (χ0n) is 14.3. The number of hydrogen-bond acceptors (Lipinski definition) is 2. The number of aryl methyl sites for hydroxylation is 3. The van der Waals surface area contributed by atoms with Gasteiger partial charge in [-0.15, -0.1) is 0 Å². The van der Waals surface area contributed by atoms with Gasteiger partial charge in [0.05, 0.1) is 17.8 Å². The molecule has 0 spiro atoms. The molecule has 1 amide bonds. The van der Waals surface area contributed by atoms with Crippen molar-refractivity contribution in [1.29, 1.82) is 0 Å². The van der Waals surface area contributed by atoms with Crippen LogP contribution in [0.25, 0.3) is 10.9 Å². The van der Waals surface area contributed by atoms with Gasteiger partial charge in [-0.25, -0.2) is 4.39 Å². The Kier molecular flexibility index (Phi) is 5.43. The lowest BCUT2D eigenvalue weighted by Crippen LogP contribution is -2.26. The van der Waals surface area contributed by atoms with Gasteiger partial charge in [0.25, 0.3) is 0 Å². The number of aromatic nitrogens is 2. The Hall–Kier alpha value is -2.69. The number of hydrogen-bond donors (Lipinski definition) is 1. The average molecular weight is 339 g/mol. The van der Waals surface area contributed by atoms with Gasteiger partial charge in [-0.3, -0.25) is 9.48 Å². The van der Waals surface area contributed by atoms with Crippen LogP contribution in [0.4, 0.5) is 4.39 Å². The van der Waals surface area contributed by atoms with Crippen LogP contribution in [0.5, 0.6) is 0 Å². The van der Waals surface area contributed by atoms with Crippen LogP contribution in [-0.4, -0.2) is 22.2 Å². The molecule has 0 aliphatic rings. The maximum Gasteiger partial charge on any atom is 0.221 e. The third kappa shape index (κ3) is 4.24. The summed E-state index contributed by atoms with van der Waals surface area (Å²) in [7, 11) is 0. The van der Waals surface area contributed by atoms with Gasteiger partial charge in [0, 0.05) is 18.4 Å². The number of halogens is 1. The predicted octanol–water partition coefficient (Wildman–Crippen LogP) is 3.62. The molecule has 25 heavy (non-hydrogen) atoms. The molecule has 0 radical (unpaired) electrons. The van der Waals surface area contributed by atoms with E-state index in [2.05, 4.69) is 10.4 Å². The molecule has 0 bridgehead atoms. The topological polar surface area (TPSA) is 46.9 Å². The highest BCUT2D eigenvalue weighted by Crippen LogP contribution is 2.17. The van der Waals surface area contributed by atoms with E-state index in [0.29, 0.717) is 31.5 Å². The van der Waals surface area contributed by atoms with Gasteiger partial charge in [0.2, 0.25) is 5.91 Å². The Morgan fingerprint density at radius 1 is 1.16 bits per heavy atom. The van der Waals surface area contributed by atoms with Gasteiger partial charge in [-0.05, 0) is 37.5 Å². The van der Waals surface area contributed by atoms with Crippen LogP contribution in [0.15, 0.2) is 48.5 Å². The molecule has 1 aromatic heterocycles. The average Bonchev–Trinajstić information content (AvgIpc) is 2.95. The number of amides is 1. The zero-order valence-corrected chi connectivity index (χ0v) is 14.3. The van der Waals surface area contributed by atoms with Crippen molar-refractivity contribution in [2.75, 3.05) is 6.54 Å². The second-order valence-corrected chi connectivity index (χ2v) is 6.12.